The first-order valence-electron chi connectivity index (χ1n) is 15.4. The number of furan rings is 1. The number of esters is 1. The number of aliphatic hydroxyl groups is 1. The predicted molar refractivity (Wildman–Crippen MR) is 162 cm³/mol. The number of benzene rings is 1. The van der Waals surface area contributed by atoms with E-state index in [2.05, 4.69) is 13.8 Å². The summed E-state index contributed by atoms with van der Waals surface area (Å²) in [6.45, 7) is 4.26. The summed E-state index contributed by atoms with van der Waals surface area (Å²) in [6, 6.07) is 14.9. The molecule has 0 bridgehead atoms. The molecule has 1 aromatic carbocycles. The van der Waals surface area contributed by atoms with E-state index < -0.39 is 23.1 Å². The van der Waals surface area contributed by atoms with Gasteiger partial charge in [-0.2, -0.15) is 0 Å². The topological polar surface area (TPSA) is 107 Å². The number of hydrogen-bond acceptors (Lipinski definition) is 8. The number of thioether (sulfide) groups is 1. The average molecular weight is 600 g/mol. The predicted octanol–water partition coefficient (Wildman–Crippen LogP) is 6.59. The summed E-state index contributed by atoms with van der Waals surface area (Å²) >= 11 is 1.35. The highest BCUT2D eigenvalue weighted by molar-refractivity contribution is 7.99. The average Bonchev–Trinajstić information content (AvgIpc) is 3.63. The fraction of sp³-hybridized carbons (Fsp3) is 0.486. The van der Waals surface area contributed by atoms with E-state index in [1.807, 2.05) is 42.5 Å². The Labute approximate surface area is 255 Å². The Morgan fingerprint density at radius 1 is 1.07 bits per heavy atom. The van der Waals surface area contributed by atoms with Crippen molar-refractivity contribution in [2.24, 2.45) is 28.6 Å². The van der Waals surface area contributed by atoms with Crippen LogP contribution < -0.4 is 0 Å². The van der Waals surface area contributed by atoms with E-state index >= 15 is 0 Å². The smallest absolute Gasteiger partial charge is 0.375 e. The third-order valence-electron chi connectivity index (χ3n) is 11.4. The number of carbonyl (C=O) groups excluding carboxylic acids is 3. The van der Waals surface area contributed by atoms with E-state index in [1.54, 1.807) is 12.1 Å². The molecule has 6 unspecified atom stereocenters. The minimum absolute atomic E-state index is 0.00141. The van der Waals surface area contributed by atoms with Crippen molar-refractivity contribution >= 4 is 40.2 Å². The lowest BCUT2D eigenvalue weighted by molar-refractivity contribution is -0.180. The monoisotopic (exact) mass is 599 g/mol. The third kappa shape index (κ3) is 4.43. The van der Waals surface area contributed by atoms with Crippen LogP contribution in [0.15, 0.2) is 75.9 Å². The molecule has 4 aliphatic rings. The lowest BCUT2D eigenvalue weighted by atomic mass is 9.45. The number of ketones is 2. The molecule has 2 heterocycles. The Kier molecular flexibility index (Phi) is 6.93. The molecule has 224 valence electrons. The quantitative estimate of drug-likeness (QED) is 0.250. The van der Waals surface area contributed by atoms with Crippen molar-refractivity contribution in [3.05, 3.63) is 72.2 Å². The molecule has 43 heavy (non-hydrogen) atoms. The summed E-state index contributed by atoms with van der Waals surface area (Å²) in [5, 5.41) is 13.7. The molecular weight excluding hydrogens is 562 g/mol. The Morgan fingerprint density at radius 2 is 1.91 bits per heavy atom. The van der Waals surface area contributed by atoms with Gasteiger partial charge in [0.25, 0.3) is 0 Å². The standard InChI is InChI=1S/C35H37NO6S/c1-33-15-13-23(37)18-22(33)10-11-24-25-14-16-35(34(25,2)19-27(38)31(24)33,42-32(40)28-8-5-17-41-28)29(39)20-43-30-12-9-21-6-3-4-7-26(21)36-30/h3-9,12,17-18,24-25,27,31,38H,10-11,13-16,19-20H2,1-2H3/t24?,25?,27?,31?,33?,34?,35-/m0/s1. The molecule has 3 saturated carbocycles. The van der Waals surface area contributed by atoms with Crippen LogP contribution in [0.2, 0.25) is 0 Å². The van der Waals surface area contributed by atoms with Crippen LogP contribution >= 0.6 is 11.8 Å². The Bertz CT molecular complexity index is 1630. The van der Waals surface area contributed by atoms with Gasteiger partial charge in [0.15, 0.2) is 17.2 Å². The maximum Gasteiger partial charge on any atom is 0.375 e. The number of aromatic nitrogens is 1. The van der Waals surface area contributed by atoms with E-state index in [9.17, 15) is 19.5 Å². The molecule has 8 heteroatoms. The molecule has 0 amide bonds. The summed E-state index contributed by atoms with van der Waals surface area (Å²) in [4.78, 5) is 45.0. The van der Waals surface area contributed by atoms with Gasteiger partial charge in [0.05, 0.1) is 28.7 Å². The number of para-hydroxylation sites is 1. The second-order valence-electron chi connectivity index (χ2n) is 13.4. The SMILES string of the molecule is CC12CCC(=O)C=C1CCC1C2C(O)CC2(C)C1CC[C@]2(OC(=O)c1ccco1)C(=O)CSc1ccc2ccccc2n1. The van der Waals surface area contributed by atoms with Gasteiger partial charge in [-0.25, -0.2) is 9.78 Å². The number of carbonyl (C=O) groups is 3. The Hall–Kier alpha value is -3.23. The number of aliphatic hydroxyl groups excluding tert-OH is 1. The van der Waals surface area contributed by atoms with Crippen LogP contribution in [0.25, 0.3) is 10.9 Å². The van der Waals surface area contributed by atoms with Crippen molar-refractivity contribution in [3.63, 3.8) is 0 Å². The molecule has 0 saturated heterocycles. The van der Waals surface area contributed by atoms with Crippen molar-refractivity contribution < 1.29 is 28.6 Å². The van der Waals surface area contributed by atoms with E-state index in [1.165, 1.54) is 18.0 Å². The van der Waals surface area contributed by atoms with Crippen LogP contribution in [0.4, 0.5) is 0 Å². The lowest BCUT2D eigenvalue weighted by Crippen LogP contribution is -2.63. The van der Waals surface area contributed by atoms with E-state index in [0.717, 1.165) is 47.2 Å². The molecule has 3 fully saturated rings. The molecule has 7 nitrogen and oxygen atoms in total. The summed E-state index contributed by atoms with van der Waals surface area (Å²) in [5.74, 6) is -0.229. The number of Topliss-reactive ketones (excluding diaryl/α,β-unsaturated/α-hetero) is 1. The summed E-state index contributed by atoms with van der Waals surface area (Å²) < 4.78 is 11.7. The van der Waals surface area contributed by atoms with Gasteiger partial charge in [-0.05, 0) is 92.0 Å². The van der Waals surface area contributed by atoms with Crippen LogP contribution in [-0.4, -0.2) is 45.1 Å². The summed E-state index contributed by atoms with van der Waals surface area (Å²) in [7, 11) is 0. The van der Waals surface area contributed by atoms with Crippen molar-refractivity contribution in [1.82, 2.24) is 4.98 Å². The van der Waals surface area contributed by atoms with Crippen LogP contribution in [0.5, 0.6) is 0 Å². The van der Waals surface area contributed by atoms with Gasteiger partial charge in [-0.15, -0.1) is 0 Å². The highest BCUT2D eigenvalue weighted by atomic mass is 32.2. The molecule has 2 aromatic heterocycles. The summed E-state index contributed by atoms with van der Waals surface area (Å²) in [5.41, 5.74) is -0.383. The molecule has 0 aliphatic heterocycles. The highest BCUT2D eigenvalue weighted by Gasteiger charge is 2.70. The van der Waals surface area contributed by atoms with Gasteiger partial charge in [-0.1, -0.05) is 55.4 Å². The molecule has 4 aliphatic carbocycles. The molecular formula is C35H37NO6S. The first-order valence-corrected chi connectivity index (χ1v) is 16.3. The second-order valence-corrected chi connectivity index (χ2v) is 14.4. The van der Waals surface area contributed by atoms with Gasteiger partial charge in [0.1, 0.15) is 0 Å². The van der Waals surface area contributed by atoms with Crippen molar-refractivity contribution in [2.45, 2.75) is 75.5 Å². The van der Waals surface area contributed by atoms with Crippen molar-refractivity contribution in [2.75, 3.05) is 5.75 Å². The lowest BCUT2D eigenvalue weighted by Gasteiger charge is -2.60. The van der Waals surface area contributed by atoms with E-state index in [4.69, 9.17) is 14.1 Å². The molecule has 0 radical (unpaired) electrons. The zero-order chi connectivity index (χ0) is 30.0. The number of nitrogens with zero attached hydrogens (tertiary/aromatic N) is 1. The van der Waals surface area contributed by atoms with Gasteiger partial charge in [0.2, 0.25) is 5.76 Å². The number of fused-ring (bicyclic) bond motifs is 6. The molecule has 3 aromatic rings. The number of rotatable bonds is 6. The van der Waals surface area contributed by atoms with Crippen molar-refractivity contribution in [1.29, 1.82) is 0 Å². The number of pyridine rings is 1. The van der Waals surface area contributed by atoms with Gasteiger partial charge < -0.3 is 14.3 Å². The largest absolute Gasteiger partial charge is 0.457 e. The third-order valence-corrected chi connectivity index (χ3v) is 12.3. The maximum atomic E-state index is 14.5. The zero-order valence-corrected chi connectivity index (χ0v) is 25.4. The van der Waals surface area contributed by atoms with Gasteiger partial charge in [-0.3, -0.25) is 9.59 Å². The first kappa shape index (κ1) is 28.5. The second kappa shape index (κ2) is 10.4. The molecule has 0 spiro atoms. The van der Waals surface area contributed by atoms with Crippen LogP contribution in [0, 0.1) is 28.6 Å². The van der Waals surface area contributed by atoms with Gasteiger partial charge >= 0.3 is 5.97 Å². The number of allylic oxidation sites excluding steroid dienone is 1. The van der Waals surface area contributed by atoms with Crippen LogP contribution in [0.1, 0.15) is 69.3 Å². The van der Waals surface area contributed by atoms with E-state index in [0.29, 0.717) is 19.3 Å². The summed E-state index contributed by atoms with van der Waals surface area (Å²) in [6.07, 6.45) is 6.96. The fourth-order valence-electron chi connectivity index (χ4n) is 9.34. The minimum Gasteiger partial charge on any atom is -0.457 e. The zero-order valence-electron chi connectivity index (χ0n) is 24.6. The number of ether oxygens (including phenoxy) is 1. The highest BCUT2D eigenvalue weighted by Crippen LogP contribution is 2.68. The Morgan fingerprint density at radius 3 is 2.72 bits per heavy atom. The van der Waals surface area contributed by atoms with Crippen LogP contribution in [0.3, 0.4) is 0 Å². The molecule has 7 atom stereocenters. The normalized spacial score (nSPS) is 35.0. The van der Waals surface area contributed by atoms with Crippen molar-refractivity contribution in [3.8, 4) is 0 Å². The van der Waals surface area contributed by atoms with Gasteiger partial charge in [0, 0.05) is 17.2 Å². The first-order chi connectivity index (χ1) is 20.6. The molecule has 1 N–H and O–H groups in total. The fourth-order valence-corrected chi connectivity index (χ4v) is 10.2. The van der Waals surface area contributed by atoms with Crippen LogP contribution in [-0.2, 0) is 14.3 Å². The van der Waals surface area contributed by atoms with E-state index in [-0.39, 0.29) is 46.2 Å². The minimum atomic E-state index is -1.41. The Balaban J connectivity index is 1.22. The maximum absolute atomic E-state index is 14.5. The number of hydrogen-bond donors (Lipinski definition) is 1. The molecule has 7 rings (SSSR count).